The van der Waals surface area contributed by atoms with Crippen LogP contribution in [0.1, 0.15) is 19.8 Å². The Morgan fingerprint density at radius 1 is 1.28 bits per heavy atom. The SMILES string of the molecule is CCOC(=O)CCCNC(=O)CNCC(F)(F)F. The lowest BCUT2D eigenvalue weighted by molar-refractivity contribution is -0.143. The van der Waals surface area contributed by atoms with Gasteiger partial charge in [0, 0.05) is 13.0 Å². The minimum absolute atomic E-state index is 0.171. The van der Waals surface area contributed by atoms with Crippen LogP contribution in [-0.2, 0) is 14.3 Å². The Labute approximate surface area is 103 Å². The molecule has 1 amide bonds. The topological polar surface area (TPSA) is 67.4 Å². The van der Waals surface area contributed by atoms with Gasteiger partial charge in [0.2, 0.25) is 5.91 Å². The third-order valence-electron chi connectivity index (χ3n) is 1.80. The van der Waals surface area contributed by atoms with Crippen LogP contribution in [0.25, 0.3) is 0 Å². The average Bonchev–Trinajstić information content (AvgIpc) is 2.23. The molecule has 8 heteroatoms. The highest BCUT2D eigenvalue weighted by Crippen LogP contribution is 2.11. The van der Waals surface area contributed by atoms with E-state index in [0.717, 1.165) is 0 Å². The molecule has 0 rings (SSSR count). The lowest BCUT2D eigenvalue weighted by Crippen LogP contribution is -2.38. The number of ether oxygens (including phenoxy) is 1. The predicted molar refractivity (Wildman–Crippen MR) is 57.8 cm³/mol. The molecule has 0 unspecified atom stereocenters. The van der Waals surface area contributed by atoms with Crippen molar-refractivity contribution in [2.45, 2.75) is 25.9 Å². The maximum absolute atomic E-state index is 11.7. The van der Waals surface area contributed by atoms with Gasteiger partial charge in [-0.15, -0.1) is 0 Å². The summed E-state index contributed by atoms with van der Waals surface area (Å²) < 4.78 is 39.8. The van der Waals surface area contributed by atoms with Crippen molar-refractivity contribution in [2.75, 3.05) is 26.2 Å². The molecular formula is C10H17F3N2O3. The zero-order valence-corrected chi connectivity index (χ0v) is 10.1. The third kappa shape index (κ3) is 11.2. The van der Waals surface area contributed by atoms with E-state index in [2.05, 4.69) is 10.1 Å². The van der Waals surface area contributed by atoms with Gasteiger partial charge in [-0.2, -0.15) is 13.2 Å². The van der Waals surface area contributed by atoms with Crippen molar-refractivity contribution in [3.8, 4) is 0 Å². The van der Waals surface area contributed by atoms with E-state index in [1.807, 2.05) is 5.32 Å². The lowest BCUT2D eigenvalue weighted by Gasteiger charge is -2.08. The molecular weight excluding hydrogens is 253 g/mol. The smallest absolute Gasteiger partial charge is 0.401 e. The first-order valence-corrected chi connectivity index (χ1v) is 5.55. The highest BCUT2D eigenvalue weighted by atomic mass is 19.4. The molecule has 5 nitrogen and oxygen atoms in total. The largest absolute Gasteiger partial charge is 0.466 e. The number of halogens is 3. The zero-order valence-electron chi connectivity index (χ0n) is 10.1. The minimum Gasteiger partial charge on any atom is -0.466 e. The highest BCUT2D eigenvalue weighted by Gasteiger charge is 2.26. The van der Waals surface area contributed by atoms with Gasteiger partial charge in [0.15, 0.2) is 0 Å². The van der Waals surface area contributed by atoms with Crippen LogP contribution in [0.2, 0.25) is 0 Å². The molecule has 2 N–H and O–H groups in total. The van der Waals surface area contributed by atoms with Crippen molar-refractivity contribution in [3.63, 3.8) is 0 Å². The molecule has 0 aromatic heterocycles. The van der Waals surface area contributed by atoms with Crippen LogP contribution < -0.4 is 10.6 Å². The van der Waals surface area contributed by atoms with Crippen molar-refractivity contribution < 1.29 is 27.5 Å². The molecule has 0 heterocycles. The van der Waals surface area contributed by atoms with E-state index in [-0.39, 0.29) is 18.9 Å². The van der Waals surface area contributed by atoms with Crippen LogP contribution in [0.5, 0.6) is 0 Å². The minimum atomic E-state index is -4.33. The number of carbonyl (C=O) groups is 2. The molecule has 0 spiro atoms. The maximum atomic E-state index is 11.7. The van der Waals surface area contributed by atoms with Gasteiger partial charge in [-0.1, -0.05) is 0 Å². The van der Waals surface area contributed by atoms with Crippen LogP contribution in [0.15, 0.2) is 0 Å². The molecule has 18 heavy (non-hydrogen) atoms. The van der Waals surface area contributed by atoms with Crippen LogP contribution in [-0.4, -0.2) is 44.3 Å². The molecule has 0 bridgehead atoms. The Morgan fingerprint density at radius 2 is 1.94 bits per heavy atom. The highest BCUT2D eigenvalue weighted by molar-refractivity contribution is 5.78. The van der Waals surface area contributed by atoms with Crippen LogP contribution >= 0.6 is 0 Å². The van der Waals surface area contributed by atoms with Crippen molar-refractivity contribution in [1.29, 1.82) is 0 Å². The normalized spacial score (nSPS) is 11.1. The van der Waals surface area contributed by atoms with Crippen molar-refractivity contribution in [1.82, 2.24) is 10.6 Å². The fourth-order valence-electron chi connectivity index (χ4n) is 1.07. The first-order chi connectivity index (χ1) is 8.35. The summed E-state index contributed by atoms with van der Waals surface area (Å²) >= 11 is 0. The van der Waals surface area contributed by atoms with E-state index in [4.69, 9.17) is 0 Å². The van der Waals surface area contributed by atoms with Gasteiger partial charge in [0.25, 0.3) is 0 Å². The summed E-state index contributed by atoms with van der Waals surface area (Å²) in [7, 11) is 0. The summed E-state index contributed by atoms with van der Waals surface area (Å²) in [6.45, 7) is 0.603. The number of amides is 1. The van der Waals surface area contributed by atoms with Crippen LogP contribution in [0, 0.1) is 0 Å². The van der Waals surface area contributed by atoms with E-state index < -0.39 is 25.2 Å². The standard InChI is InChI=1S/C10H17F3N2O3/c1-2-18-9(17)4-3-5-15-8(16)6-14-7-10(11,12)13/h14H,2-7H2,1H3,(H,15,16). The predicted octanol–water partition coefficient (Wildman–Crippen LogP) is 0.598. The van der Waals surface area contributed by atoms with E-state index >= 15 is 0 Å². The lowest BCUT2D eigenvalue weighted by atomic mass is 10.3. The molecule has 106 valence electrons. The van der Waals surface area contributed by atoms with Gasteiger partial charge in [0.05, 0.1) is 19.7 Å². The molecule has 0 aromatic rings. The second kappa shape index (κ2) is 8.73. The Hall–Kier alpha value is -1.31. The second-order valence-electron chi connectivity index (χ2n) is 3.48. The van der Waals surface area contributed by atoms with E-state index in [9.17, 15) is 22.8 Å². The first kappa shape index (κ1) is 16.7. The second-order valence-corrected chi connectivity index (χ2v) is 3.48. The van der Waals surface area contributed by atoms with Gasteiger partial charge >= 0.3 is 12.1 Å². The average molecular weight is 270 g/mol. The molecule has 0 saturated heterocycles. The Balaban J connectivity index is 3.46. The molecule has 0 atom stereocenters. The number of hydrogen-bond donors (Lipinski definition) is 2. The van der Waals surface area contributed by atoms with E-state index in [0.29, 0.717) is 13.0 Å². The maximum Gasteiger partial charge on any atom is 0.401 e. The summed E-state index contributed by atoms with van der Waals surface area (Å²) in [5.41, 5.74) is 0. The Kier molecular flexibility index (Phi) is 8.10. The monoisotopic (exact) mass is 270 g/mol. The summed E-state index contributed by atoms with van der Waals surface area (Å²) in [5.74, 6) is -0.898. The molecule has 0 aromatic carbocycles. The molecule has 0 fully saturated rings. The number of hydrogen-bond acceptors (Lipinski definition) is 4. The Bertz CT molecular complexity index is 270. The zero-order chi connectivity index (χ0) is 14.0. The summed E-state index contributed by atoms with van der Waals surface area (Å²) in [4.78, 5) is 21.9. The van der Waals surface area contributed by atoms with E-state index in [1.165, 1.54) is 0 Å². The third-order valence-corrected chi connectivity index (χ3v) is 1.80. The van der Waals surface area contributed by atoms with E-state index in [1.54, 1.807) is 6.92 Å². The number of nitrogens with one attached hydrogen (secondary N) is 2. The number of alkyl halides is 3. The summed E-state index contributed by atoms with van der Waals surface area (Å²) in [6.07, 6.45) is -3.77. The van der Waals surface area contributed by atoms with Gasteiger partial charge in [-0.05, 0) is 13.3 Å². The number of carbonyl (C=O) groups excluding carboxylic acids is 2. The number of esters is 1. The molecule has 0 aliphatic carbocycles. The van der Waals surface area contributed by atoms with Gasteiger partial charge in [-0.25, -0.2) is 0 Å². The van der Waals surface area contributed by atoms with Crippen LogP contribution in [0.4, 0.5) is 13.2 Å². The fourth-order valence-corrected chi connectivity index (χ4v) is 1.07. The van der Waals surface area contributed by atoms with Crippen molar-refractivity contribution >= 4 is 11.9 Å². The first-order valence-electron chi connectivity index (χ1n) is 5.55. The summed E-state index contributed by atoms with van der Waals surface area (Å²) in [5, 5.41) is 4.36. The molecule has 0 aliphatic rings. The quantitative estimate of drug-likeness (QED) is 0.500. The van der Waals surface area contributed by atoms with Gasteiger partial charge in [0.1, 0.15) is 0 Å². The summed E-state index contributed by atoms with van der Waals surface area (Å²) in [6, 6.07) is 0. The molecule has 0 saturated carbocycles. The fraction of sp³-hybridized carbons (Fsp3) is 0.800. The molecule has 0 aliphatic heterocycles. The Morgan fingerprint density at radius 3 is 2.50 bits per heavy atom. The van der Waals surface area contributed by atoms with Gasteiger partial charge in [-0.3, -0.25) is 9.59 Å². The van der Waals surface area contributed by atoms with Crippen LogP contribution in [0.3, 0.4) is 0 Å². The van der Waals surface area contributed by atoms with Crippen molar-refractivity contribution in [2.24, 2.45) is 0 Å². The van der Waals surface area contributed by atoms with Crippen molar-refractivity contribution in [3.05, 3.63) is 0 Å². The number of rotatable bonds is 8. The molecule has 0 radical (unpaired) electrons. The van der Waals surface area contributed by atoms with Gasteiger partial charge < -0.3 is 15.4 Å².